The van der Waals surface area contributed by atoms with Crippen molar-refractivity contribution in [3.63, 3.8) is 0 Å². The van der Waals surface area contributed by atoms with E-state index in [0.717, 1.165) is 16.7 Å². The molecule has 0 aliphatic carbocycles. The average molecular weight is 2170 g/mol. The van der Waals surface area contributed by atoms with E-state index in [1.165, 1.54) is 86.6 Å². The van der Waals surface area contributed by atoms with Crippen molar-refractivity contribution >= 4 is 116 Å². The number of carbonyl (C=O) groups excluding carboxylic acids is 14. The molecule has 0 bridgehead atoms. The summed E-state index contributed by atoms with van der Waals surface area (Å²) in [5, 5.41) is 130. The zero-order valence-corrected chi connectivity index (χ0v) is 89.5. The predicted octanol–water partition coefficient (Wildman–Crippen LogP) is 1.17. The van der Waals surface area contributed by atoms with Crippen molar-refractivity contribution in [1.29, 1.82) is 0 Å². The maximum Gasteiger partial charge on any atom is 0.347 e. The lowest BCUT2D eigenvalue weighted by Gasteiger charge is -2.22. The van der Waals surface area contributed by atoms with Gasteiger partial charge in [0.2, 0.25) is 36.1 Å². The van der Waals surface area contributed by atoms with Gasteiger partial charge in [-0.2, -0.15) is 14.7 Å². The SMILES string of the molecule is C=C(C)C(=O)Cl.C=C(C)C(=O)Cl.C=C(C)C(=O)Cl.C=C(C)COOCOC(=O)C(=C)C.C=C(C)COOCOC(=O)C(=C)C.C=C(C)COOCOC(=O)C(=C)C.CC1OC(=O)C(C)OC1=O.CC1OC(=O)C(C)OC1=O.CCN(CC)CC.CCN(CC)CC.CCN(CC)CC.O=C1COC(=O)CO1.O=C1COC(=O)CO1.OCCO.OCCO.OCCO.OCO.OCO.OCO.OCO.OCO.OCO. The van der Waals surface area contributed by atoms with Gasteiger partial charge in [-0.25, -0.2) is 67.4 Å². The zero-order valence-electron chi connectivity index (χ0n) is 87.3. The Labute approximate surface area is 859 Å². The van der Waals surface area contributed by atoms with Crippen LogP contribution in [0.15, 0.2) is 109 Å². The Kier molecular flexibility index (Phi) is 174. The molecule has 0 spiro atoms. The Morgan fingerprint density at radius 1 is 0.271 bits per heavy atom. The molecule has 4 rings (SSSR count). The van der Waals surface area contributed by atoms with Crippen LogP contribution in [0.4, 0.5) is 0 Å². The number of aliphatic hydroxyl groups excluding tert-OH is 12. The average Bonchev–Trinajstić information content (AvgIpc) is 0.874. The standard InChI is InChI=1S/3C9H14O4.3C6H15N.2C6H8O4.3C4H5ClO.2C4H4O4.3C2H6O2.6CH4O2/c3*1-7(2)5-12-13-6-11-9(10)8(3)4;3*1-4-7(5-2)6-3;2*1-3-5(7)10-4(2)6(8)9-3;3*1-3(2)4(5)6;2*5-3-1-7-4(6)2-8-3;3*3-1-2-4;6*2-1-3/h3*1,3,5-6H2,2,4H3;3*4-6H2,1-3H3;2*3-4H,1-2H3;3*1H2,2H3;2*1-2H2;3*3-4H,1-2H2;6*2-3H,1H2. The topological polar surface area (TPSA) is 770 Å². The van der Waals surface area contributed by atoms with Crippen LogP contribution in [-0.4, -0.2) is 418 Å². The summed E-state index contributed by atoms with van der Waals surface area (Å²) in [7, 11) is 0. The number of hydrogen-bond acceptors (Lipinski definition) is 52. The Balaban J connectivity index is -0.0000000733. The number of rotatable bonds is 33. The fraction of sp³-hybridized carbons (Fsp3) is 0.640. The van der Waals surface area contributed by atoms with Crippen LogP contribution in [-0.2, 0) is 149 Å². The molecule has 4 aliphatic rings. The minimum atomic E-state index is -0.750. The first-order valence-electron chi connectivity index (χ1n) is 42.4. The van der Waals surface area contributed by atoms with Crippen molar-refractivity contribution in [1.82, 2.24) is 14.7 Å². The lowest BCUT2D eigenvalue weighted by molar-refractivity contribution is -0.324. The highest BCUT2D eigenvalue weighted by Crippen LogP contribution is 2.10. The summed E-state index contributed by atoms with van der Waals surface area (Å²) in [5.74, 6) is -5.35. The predicted molar refractivity (Wildman–Crippen MR) is 525 cm³/mol. The second kappa shape index (κ2) is 142. The van der Waals surface area contributed by atoms with Gasteiger partial charge in [0.1, 0.15) is 60.6 Å². The van der Waals surface area contributed by atoms with Gasteiger partial charge in [-0.05, 0) is 184 Å². The molecule has 0 aromatic heterocycles. The van der Waals surface area contributed by atoms with Crippen molar-refractivity contribution in [2.75, 3.05) is 206 Å². The number of carbonyl (C=O) groups is 14. The van der Waals surface area contributed by atoms with E-state index in [1.807, 2.05) is 0 Å². The molecule has 144 heavy (non-hydrogen) atoms. The molecule has 0 amide bonds. The van der Waals surface area contributed by atoms with E-state index in [9.17, 15) is 67.1 Å². The summed E-state index contributed by atoms with van der Waals surface area (Å²) < 4.78 is 49.2. The highest BCUT2D eigenvalue weighted by molar-refractivity contribution is 6.68. The van der Waals surface area contributed by atoms with Crippen molar-refractivity contribution in [3.8, 4) is 0 Å². The molecular formula is C89H168Cl3N3O49. The second-order valence-electron chi connectivity index (χ2n) is 25.2. The summed E-state index contributed by atoms with van der Waals surface area (Å²) >= 11 is 14.6. The van der Waals surface area contributed by atoms with Crippen molar-refractivity contribution in [2.24, 2.45) is 0 Å². The normalized spacial score (nSPS) is 13.1. The number of halogens is 3. The summed E-state index contributed by atoms with van der Waals surface area (Å²) in [5.41, 5.74) is 4.60. The summed E-state index contributed by atoms with van der Waals surface area (Å²) in [4.78, 5) is 179. The quantitative estimate of drug-likeness (QED) is 0.00505. The molecule has 18 N–H and O–H groups in total. The lowest BCUT2D eigenvalue weighted by atomic mass is 10.3. The van der Waals surface area contributed by atoms with Gasteiger partial charge in [0.25, 0.3) is 0 Å². The van der Waals surface area contributed by atoms with Gasteiger partial charge in [-0.1, -0.05) is 138 Å². The molecule has 0 aromatic carbocycles. The molecule has 4 unspecified atom stereocenters. The molecule has 4 heterocycles. The van der Waals surface area contributed by atoms with Crippen molar-refractivity contribution < 1.29 is 240 Å². The van der Waals surface area contributed by atoms with Crippen LogP contribution in [0.5, 0.6) is 0 Å². The molecule has 4 fully saturated rings. The maximum absolute atomic E-state index is 10.8. The van der Waals surface area contributed by atoms with E-state index in [1.54, 1.807) is 62.3 Å². The van der Waals surface area contributed by atoms with Gasteiger partial charge >= 0.3 is 65.7 Å². The van der Waals surface area contributed by atoms with Crippen LogP contribution in [0, 0.1) is 0 Å². The summed E-state index contributed by atoms with van der Waals surface area (Å²) in [6.07, 6.45) is -2.99. The smallest absolute Gasteiger partial charge is 0.347 e. The fourth-order valence-corrected chi connectivity index (χ4v) is 5.14. The van der Waals surface area contributed by atoms with E-state index >= 15 is 0 Å². The minimum absolute atomic E-state index is 0.125. The summed E-state index contributed by atoms with van der Waals surface area (Å²) in [6, 6.07) is 0. The second-order valence-corrected chi connectivity index (χ2v) is 26.2. The largest absolute Gasteiger partial charge is 0.451 e. The Morgan fingerprint density at radius 2 is 0.396 bits per heavy atom. The molecule has 4 aliphatic heterocycles. The number of esters is 11. The van der Waals surface area contributed by atoms with Gasteiger partial charge in [0.15, 0.2) is 50.8 Å². The van der Waals surface area contributed by atoms with Crippen LogP contribution >= 0.6 is 34.8 Å². The van der Waals surface area contributed by atoms with Crippen LogP contribution in [0.25, 0.3) is 0 Å². The third kappa shape index (κ3) is 184. The molecule has 4 saturated heterocycles. The van der Waals surface area contributed by atoms with Gasteiger partial charge in [0, 0.05) is 33.4 Å². The van der Waals surface area contributed by atoms with Crippen molar-refractivity contribution in [3.05, 3.63) is 109 Å². The highest BCUT2D eigenvalue weighted by atomic mass is 35.5. The Hall–Kier alpha value is -9.37. The lowest BCUT2D eigenvalue weighted by Crippen LogP contribution is -2.40. The molecule has 55 heteroatoms. The zero-order chi connectivity index (χ0) is 117. The summed E-state index contributed by atoms with van der Waals surface area (Å²) in [6.45, 7) is 75.7. The first-order valence-corrected chi connectivity index (χ1v) is 43.5. The maximum atomic E-state index is 10.8. The Bertz CT molecular complexity index is 2810. The molecule has 0 saturated carbocycles. The number of aliphatic hydroxyl groups is 18. The van der Waals surface area contributed by atoms with E-state index in [0.29, 0.717) is 33.4 Å². The van der Waals surface area contributed by atoms with E-state index < -0.39 is 147 Å². The molecule has 0 radical (unpaired) electrons. The van der Waals surface area contributed by atoms with E-state index in [4.69, 9.17) is 127 Å². The van der Waals surface area contributed by atoms with Gasteiger partial charge in [-0.3, -0.25) is 14.4 Å². The number of ether oxygens (including phenoxy) is 11. The molecule has 4 atom stereocenters. The van der Waals surface area contributed by atoms with E-state index in [2.05, 4.69) is 218 Å². The number of nitrogens with zero attached hydrogens (tertiary/aromatic N) is 3. The Morgan fingerprint density at radius 3 is 0.472 bits per heavy atom. The van der Waals surface area contributed by atoms with Gasteiger partial charge < -0.3 is 159 Å². The molecular weight excluding hydrogens is 2000 g/mol. The van der Waals surface area contributed by atoms with Crippen LogP contribution in [0.3, 0.4) is 0 Å². The monoisotopic (exact) mass is 2170 g/mol. The van der Waals surface area contributed by atoms with Crippen LogP contribution in [0.2, 0.25) is 0 Å². The molecule has 854 valence electrons. The first kappa shape index (κ1) is 177. The third-order valence-electron chi connectivity index (χ3n) is 12.2. The van der Waals surface area contributed by atoms with Crippen LogP contribution in [0.1, 0.15) is 152 Å². The minimum Gasteiger partial charge on any atom is -0.451 e. The number of cyclic esters (lactones) is 8. The molecule has 0 aromatic rings. The third-order valence-corrected chi connectivity index (χ3v) is 13.1. The number of allylic oxidation sites excluding steroid dienone is 3. The number of hydrogen-bond donors (Lipinski definition) is 18. The van der Waals surface area contributed by atoms with Crippen LogP contribution < -0.4 is 0 Å². The van der Waals surface area contributed by atoms with Gasteiger partial charge in [-0.15, -0.1) is 0 Å². The fourth-order valence-electron chi connectivity index (χ4n) is 5.14. The first-order chi connectivity index (χ1) is 67.1. The van der Waals surface area contributed by atoms with E-state index in [-0.39, 0.29) is 106 Å². The van der Waals surface area contributed by atoms with Crippen molar-refractivity contribution in [2.45, 2.75) is 177 Å². The highest BCUT2D eigenvalue weighted by Gasteiger charge is 2.33. The van der Waals surface area contributed by atoms with Gasteiger partial charge in [0.05, 0.1) is 39.6 Å². The molecule has 52 nitrogen and oxygen atoms in total.